The van der Waals surface area contributed by atoms with Crippen molar-refractivity contribution in [2.75, 3.05) is 4.90 Å². The first-order valence-electron chi connectivity index (χ1n) is 20.0. The molecule has 4 heterocycles. The number of para-hydroxylation sites is 2. The first-order valence-corrected chi connectivity index (χ1v) is 20.8. The van der Waals surface area contributed by atoms with E-state index in [4.69, 9.17) is 34.9 Å². The number of benzene rings is 7. The van der Waals surface area contributed by atoms with Crippen LogP contribution in [0.15, 0.2) is 163 Å². The second-order valence-corrected chi connectivity index (χ2v) is 17.9. The molecule has 0 saturated heterocycles. The molecule has 3 aliphatic heterocycles. The molecule has 0 bridgehead atoms. The van der Waals surface area contributed by atoms with E-state index in [1.807, 2.05) is 26.0 Å². The number of hydrogen-bond acceptors (Lipinski definition) is 9. The van der Waals surface area contributed by atoms with Gasteiger partial charge in [-0.2, -0.15) is 0 Å². The van der Waals surface area contributed by atoms with Crippen molar-refractivity contribution in [3.63, 3.8) is 0 Å². The Kier molecular flexibility index (Phi) is 7.60. The molecule has 0 radical (unpaired) electrons. The summed E-state index contributed by atoms with van der Waals surface area (Å²) in [5.74, 6) is 0. The van der Waals surface area contributed by atoms with Crippen LogP contribution in [0.1, 0.15) is 41.5 Å². The molecule has 0 N–H and O–H groups in total. The van der Waals surface area contributed by atoms with E-state index in [2.05, 4.69) is 154 Å². The zero-order valence-corrected chi connectivity index (χ0v) is 34.5. The van der Waals surface area contributed by atoms with Gasteiger partial charge < -0.3 is 4.90 Å². The van der Waals surface area contributed by atoms with Crippen LogP contribution in [0.3, 0.4) is 0 Å². The van der Waals surface area contributed by atoms with Crippen LogP contribution in [0, 0.1) is 0 Å². The summed E-state index contributed by atoms with van der Waals surface area (Å²) < 4.78 is 1.18. The molecule has 0 aliphatic carbocycles. The molecule has 8 aromatic rings. The molecule has 0 saturated carbocycles. The second-order valence-electron chi connectivity index (χ2n) is 16.9. The highest BCUT2D eigenvalue weighted by atomic mass is 32.1. The molecule has 0 amide bonds. The largest absolute Gasteiger partial charge is 0.304 e. The highest BCUT2D eigenvalue weighted by Gasteiger charge is 2.31. The van der Waals surface area contributed by atoms with Crippen molar-refractivity contribution in [2.24, 2.45) is 30.0 Å². The number of aromatic nitrogens is 1. The van der Waals surface area contributed by atoms with Crippen LogP contribution in [0.4, 0.5) is 17.1 Å². The monoisotopic (exact) mass is 784 g/mol. The molecule has 7 aromatic carbocycles. The quantitative estimate of drug-likeness (QED) is 0.169. The number of fused-ring (bicyclic) bond motifs is 5. The van der Waals surface area contributed by atoms with E-state index in [0.29, 0.717) is 0 Å². The predicted octanol–water partition coefficient (Wildman–Crippen LogP) is 8.89. The Balaban J connectivity index is 1.13. The lowest BCUT2D eigenvalue weighted by molar-refractivity contribution is 0.549. The van der Waals surface area contributed by atoms with Crippen molar-refractivity contribution >= 4 is 49.4 Å². The molecule has 59 heavy (non-hydrogen) atoms. The van der Waals surface area contributed by atoms with E-state index in [9.17, 15) is 0 Å². The van der Waals surface area contributed by atoms with E-state index in [1.54, 1.807) is 11.3 Å². The Labute approximate surface area is 344 Å². The van der Waals surface area contributed by atoms with E-state index in [0.717, 1.165) is 87.5 Å². The number of anilines is 3. The van der Waals surface area contributed by atoms with Gasteiger partial charge in [0.25, 0.3) is 0 Å². The lowest BCUT2D eigenvalue weighted by Crippen LogP contribution is -2.38. The smallest absolute Gasteiger partial charge is 0.146 e. The molecule has 1 aromatic heterocycles. The minimum atomic E-state index is -0.677. The number of rotatable bonds is 6. The Bertz CT molecular complexity index is 3460. The Morgan fingerprint density at radius 3 is 1.66 bits per heavy atom. The van der Waals surface area contributed by atoms with Crippen LogP contribution < -0.4 is 37.0 Å². The van der Waals surface area contributed by atoms with E-state index in [-0.39, 0.29) is 0 Å². The van der Waals surface area contributed by atoms with Crippen molar-refractivity contribution in [1.29, 1.82) is 0 Å². The lowest BCUT2D eigenvalue weighted by atomic mass is 9.99. The van der Waals surface area contributed by atoms with Gasteiger partial charge in [-0.1, -0.05) is 78.9 Å². The zero-order valence-electron chi connectivity index (χ0n) is 33.7. The van der Waals surface area contributed by atoms with E-state index < -0.39 is 17.0 Å². The third kappa shape index (κ3) is 5.99. The van der Waals surface area contributed by atoms with Crippen LogP contribution in [0.25, 0.3) is 53.8 Å². The maximum atomic E-state index is 5.35. The fraction of sp³-hybridized carbons (Fsp3) is 0.180. The predicted molar refractivity (Wildman–Crippen MR) is 237 cm³/mol. The third-order valence-electron chi connectivity index (χ3n) is 11.1. The van der Waals surface area contributed by atoms with Gasteiger partial charge in [-0.05, 0) is 118 Å². The lowest BCUT2D eigenvalue weighted by Gasteiger charge is -2.26. The van der Waals surface area contributed by atoms with Gasteiger partial charge in [-0.15, -0.1) is 11.3 Å². The fourth-order valence-corrected chi connectivity index (χ4v) is 9.56. The van der Waals surface area contributed by atoms with Crippen molar-refractivity contribution < 1.29 is 0 Å². The Morgan fingerprint density at radius 2 is 0.966 bits per heavy atom. The van der Waals surface area contributed by atoms with Gasteiger partial charge in [0.2, 0.25) is 0 Å². The van der Waals surface area contributed by atoms with Gasteiger partial charge in [0.05, 0.1) is 43.4 Å². The molecule has 286 valence electrons. The summed E-state index contributed by atoms with van der Waals surface area (Å²) in [6.45, 7) is 12.3. The van der Waals surface area contributed by atoms with Gasteiger partial charge >= 0.3 is 0 Å². The number of hydrogen-bond donors (Lipinski definition) is 0. The van der Waals surface area contributed by atoms with Crippen molar-refractivity contribution in [2.45, 2.75) is 58.5 Å². The van der Waals surface area contributed by atoms with Gasteiger partial charge in [0, 0.05) is 16.7 Å². The Hall–Kier alpha value is -6.71. The average Bonchev–Trinajstić information content (AvgIpc) is 3.97. The van der Waals surface area contributed by atoms with E-state index >= 15 is 0 Å². The van der Waals surface area contributed by atoms with Crippen LogP contribution in [0.2, 0.25) is 0 Å². The summed E-state index contributed by atoms with van der Waals surface area (Å²) in [6.07, 6.45) is 0. The molecule has 8 nitrogen and oxygen atoms in total. The van der Waals surface area contributed by atoms with Gasteiger partial charge in [0.1, 0.15) is 38.1 Å². The molecular formula is C50H40N8S. The molecule has 0 unspecified atom stereocenters. The summed E-state index contributed by atoms with van der Waals surface area (Å²) in [4.78, 5) is 38.6. The van der Waals surface area contributed by atoms with Gasteiger partial charge in [-0.3, -0.25) is 30.0 Å². The number of nitrogens with zero attached hydrogens (tertiary/aromatic N) is 8. The highest BCUT2D eigenvalue weighted by molar-refractivity contribution is 7.21. The first-order chi connectivity index (χ1) is 28.4. The van der Waals surface area contributed by atoms with Crippen LogP contribution in [-0.2, 0) is 0 Å². The third-order valence-corrected chi connectivity index (χ3v) is 12.2. The summed E-state index contributed by atoms with van der Waals surface area (Å²) in [5.41, 5.74) is 7.06. The minimum absolute atomic E-state index is 0.598. The van der Waals surface area contributed by atoms with Gasteiger partial charge in [0.15, 0.2) is 0 Å². The van der Waals surface area contributed by atoms with Crippen molar-refractivity contribution in [3.05, 3.63) is 166 Å². The molecule has 11 rings (SSSR count). The number of thiazole rings is 1. The standard InChI is InChI=1S/C50H40N8S/c1-48(2)52-37-15-11-16-38(44(37)55-48)58(40-27-25-35(43-46(40)57-50(5,6)54-43)33-23-18-29-12-7-8-13-32(29)28-33)39-26-24-34(42-45(39)56-49(3,4)53-42)30-19-21-31(22-20-30)47-51-36-14-9-10-17-41(36)59-47/h7-28H,1-6H3. The summed E-state index contributed by atoms with van der Waals surface area (Å²) >= 11 is 1.71. The minimum Gasteiger partial charge on any atom is -0.304 e. The molecule has 9 heteroatoms. The SMILES string of the molecule is CC1(C)N=c2cccc(N(c3ccc(-c4ccc(-c5nc6ccccc6s5)cc4)c4c3=NC(C)(C)N=4)c3ccc(-c4ccc5ccccc5c4)c4c3=NC(C)(C)N=4)c2=N1. The fourth-order valence-electron chi connectivity index (χ4n) is 8.59. The van der Waals surface area contributed by atoms with Crippen LogP contribution in [0.5, 0.6) is 0 Å². The summed E-state index contributed by atoms with van der Waals surface area (Å²) in [5, 5.41) is 8.43. The maximum Gasteiger partial charge on any atom is 0.146 e. The normalized spacial score (nSPS) is 16.2. The topological polar surface area (TPSA) is 90.3 Å². The Morgan fingerprint density at radius 1 is 0.424 bits per heavy atom. The maximum absolute atomic E-state index is 5.35. The highest BCUT2D eigenvalue weighted by Crippen LogP contribution is 2.35. The summed E-state index contributed by atoms with van der Waals surface area (Å²) in [6, 6.07) is 46.9. The van der Waals surface area contributed by atoms with Crippen LogP contribution >= 0.6 is 11.3 Å². The molecular weight excluding hydrogens is 745 g/mol. The average molecular weight is 785 g/mol. The van der Waals surface area contributed by atoms with Gasteiger partial charge in [-0.25, -0.2) is 4.98 Å². The molecule has 0 fully saturated rings. The van der Waals surface area contributed by atoms with E-state index in [1.165, 1.54) is 15.5 Å². The van der Waals surface area contributed by atoms with Crippen LogP contribution in [-0.4, -0.2) is 22.0 Å². The second kappa shape index (κ2) is 12.6. The molecule has 0 spiro atoms. The van der Waals surface area contributed by atoms with Crippen molar-refractivity contribution in [1.82, 2.24) is 4.98 Å². The van der Waals surface area contributed by atoms with Crippen molar-refractivity contribution in [3.8, 4) is 32.8 Å². The first kappa shape index (κ1) is 35.5. The zero-order chi connectivity index (χ0) is 40.3. The molecule has 3 aliphatic rings. The molecule has 0 atom stereocenters. The summed E-state index contributed by atoms with van der Waals surface area (Å²) in [7, 11) is 0.